The predicted molar refractivity (Wildman–Crippen MR) is 38.3 cm³/mol. The van der Waals surface area contributed by atoms with Gasteiger partial charge in [-0.2, -0.15) is 0 Å². The summed E-state index contributed by atoms with van der Waals surface area (Å²) < 4.78 is 0. The maximum absolute atomic E-state index is 5.32. The van der Waals surface area contributed by atoms with Crippen LogP contribution in [0.2, 0.25) is 0 Å². The average Bonchev–Trinajstić information content (AvgIpc) is 1.80. The maximum atomic E-state index is 5.32. The second-order valence-electron chi connectivity index (χ2n) is 1.70. The van der Waals surface area contributed by atoms with E-state index in [1.54, 1.807) is 6.08 Å². The van der Waals surface area contributed by atoms with Crippen molar-refractivity contribution in [1.29, 1.82) is 0 Å². The first kappa shape index (κ1) is 8.17. The molecule has 9 heavy (non-hydrogen) atoms. The van der Waals surface area contributed by atoms with Crippen molar-refractivity contribution in [2.75, 3.05) is 6.61 Å². The minimum Gasteiger partial charge on any atom is -0.392 e. The quantitative estimate of drug-likeness (QED) is 0.260. The molecular formula is C6H12N2O. The molecule has 0 heterocycles. The molecule has 0 rings (SSSR count). The van der Waals surface area contributed by atoms with E-state index in [9.17, 15) is 0 Å². The third kappa shape index (κ3) is 7.17. The van der Waals surface area contributed by atoms with Crippen LogP contribution in [0.4, 0.5) is 0 Å². The Kier molecular flexibility index (Phi) is 4.82. The van der Waals surface area contributed by atoms with Crippen LogP contribution in [0.5, 0.6) is 0 Å². The molecule has 0 aromatic carbocycles. The lowest BCUT2D eigenvalue weighted by Gasteiger charge is -1.93. The Morgan fingerprint density at radius 1 is 1.89 bits per heavy atom. The van der Waals surface area contributed by atoms with E-state index in [2.05, 4.69) is 16.6 Å². The number of hydrogen-bond acceptors (Lipinski definition) is 3. The number of rotatable bonds is 4. The van der Waals surface area contributed by atoms with Gasteiger partial charge < -0.3 is 10.6 Å². The SMILES string of the molecule is C=CCO/N=C/C(C)N. The summed E-state index contributed by atoms with van der Waals surface area (Å²) in [6.45, 7) is 5.70. The molecule has 0 spiro atoms. The lowest BCUT2D eigenvalue weighted by atomic mass is 10.4. The van der Waals surface area contributed by atoms with E-state index in [1.807, 2.05) is 6.92 Å². The Morgan fingerprint density at radius 3 is 3.00 bits per heavy atom. The Hall–Kier alpha value is -0.830. The third-order valence-electron chi connectivity index (χ3n) is 0.563. The largest absolute Gasteiger partial charge is 0.392 e. The second-order valence-corrected chi connectivity index (χ2v) is 1.70. The fourth-order valence-corrected chi connectivity index (χ4v) is 0.235. The van der Waals surface area contributed by atoms with Gasteiger partial charge in [0, 0.05) is 6.04 Å². The van der Waals surface area contributed by atoms with Crippen molar-refractivity contribution in [1.82, 2.24) is 0 Å². The highest BCUT2D eigenvalue weighted by Gasteiger charge is 1.82. The molecule has 3 nitrogen and oxygen atoms in total. The van der Waals surface area contributed by atoms with E-state index in [1.165, 1.54) is 6.21 Å². The van der Waals surface area contributed by atoms with Crippen LogP contribution < -0.4 is 5.73 Å². The van der Waals surface area contributed by atoms with Crippen molar-refractivity contribution in [3.8, 4) is 0 Å². The van der Waals surface area contributed by atoms with Crippen LogP contribution in [0.15, 0.2) is 17.8 Å². The molecule has 0 aromatic heterocycles. The molecule has 3 heteroatoms. The van der Waals surface area contributed by atoms with Crippen molar-refractivity contribution >= 4 is 6.21 Å². The van der Waals surface area contributed by atoms with Crippen molar-refractivity contribution in [3.63, 3.8) is 0 Å². The molecule has 0 aliphatic carbocycles. The van der Waals surface area contributed by atoms with E-state index < -0.39 is 0 Å². The first-order chi connectivity index (χ1) is 4.27. The fraction of sp³-hybridized carbons (Fsp3) is 0.500. The highest BCUT2D eigenvalue weighted by molar-refractivity contribution is 5.62. The van der Waals surface area contributed by atoms with Crippen molar-refractivity contribution in [2.24, 2.45) is 10.9 Å². The summed E-state index contributed by atoms with van der Waals surface area (Å²) in [5.74, 6) is 0. The van der Waals surface area contributed by atoms with Gasteiger partial charge in [-0.25, -0.2) is 0 Å². The zero-order valence-corrected chi connectivity index (χ0v) is 5.58. The molecule has 0 radical (unpaired) electrons. The van der Waals surface area contributed by atoms with Crippen molar-refractivity contribution in [3.05, 3.63) is 12.7 Å². The van der Waals surface area contributed by atoms with Gasteiger partial charge >= 0.3 is 0 Å². The summed E-state index contributed by atoms with van der Waals surface area (Å²) in [6.07, 6.45) is 3.15. The van der Waals surface area contributed by atoms with Crippen molar-refractivity contribution < 1.29 is 4.84 Å². The molecule has 1 unspecified atom stereocenters. The minimum absolute atomic E-state index is 0.0465. The first-order valence-electron chi connectivity index (χ1n) is 2.79. The molecular weight excluding hydrogens is 116 g/mol. The zero-order valence-electron chi connectivity index (χ0n) is 5.58. The smallest absolute Gasteiger partial charge is 0.135 e. The van der Waals surface area contributed by atoms with Gasteiger partial charge in [0.05, 0.1) is 6.21 Å². The van der Waals surface area contributed by atoms with E-state index in [0.29, 0.717) is 6.61 Å². The third-order valence-corrected chi connectivity index (χ3v) is 0.563. The predicted octanol–water partition coefficient (Wildman–Crippen LogP) is 0.522. The lowest BCUT2D eigenvalue weighted by molar-refractivity contribution is 0.175. The minimum atomic E-state index is -0.0465. The van der Waals surface area contributed by atoms with Crippen LogP contribution in [0, 0.1) is 0 Å². The van der Waals surface area contributed by atoms with Crippen LogP contribution in [0.1, 0.15) is 6.92 Å². The Labute approximate surface area is 55.2 Å². The summed E-state index contributed by atoms with van der Waals surface area (Å²) in [5.41, 5.74) is 5.32. The molecule has 0 saturated carbocycles. The van der Waals surface area contributed by atoms with Gasteiger partial charge in [-0.15, -0.1) is 0 Å². The molecule has 0 aliphatic heterocycles. The van der Waals surface area contributed by atoms with Gasteiger partial charge in [-0.1, -0.05) is 17.8 Å². The standard InChI is InChI=1S/C6H12N2O/c1-3-4-9-8-5-6(2)7/h3,5-6H,1,4,7H2,2H3/b8-5+. The molecule has 0 bridgehead atoms. The van der Waals surface area contributed by atoms with Gasteiger partial charge in [-0.3, -0.25) is 0 Å². The van der Waals surface area contributed by atoms with Gasteiger partial charge in [-0.05, 0) is 6.92 Å². The fourth-order valence-electron chi connectivity index (χ4n) is 0.235. The number of oxime groups is 1. The molecule has 0 saturated heterocycles. The summed E-state index contributed by atoms with van der Waals surface area (Å²) >= 11 is 0. The lowest BCUT2D eigenvalue weighted by Crippen LogP contribution is -2.15. The summed E-state index contributed by atoms with van der Waals surface area (Å²) in [6, 6.07) is -0.0465. The number of nitrogens with zero attached hydrogens (tertiary/aromatic N) is 1. The molecule has 52 valence electrons. The molecule has 1 atom stereocenters. The van der Waals surface area contributed by atoms with Gasteiger partial charge in [0.25, 0.3) is 0 Å². The van der Waals surface area contributed by atoms with E-state index in [-0.39, 0.29) is 6.04 Å². The van der Waals surface area contributed by atoms with Crippen LogP contribution in [0.25, 0.3) is 0 Å². The highest BCUT2D eigenvalue weighted by atomic mass is 16.6. The Balaban J connectivity index is 3.14. The topological polar surface area (TPSA) is 47.6 Å². The van der Waals surface area contributed by atoms with E-state index in [4.69, 9.17) is 5.73 Å². The van der Waals surface area contributed by atoms with Crippen LogP contribution in [-0.2, 0) is 4.84 Å². The molecule has 0 fully saturated rings. The van der Waals surface area contributed by atoms with E-state index in [0.717, 1.165) is 0 Å². The van der Waals surface area contributed by atoms with Gasteiger partial charge in [0.15, 0.2) is 0 Å². The van der Waals surface area contributed by atoms with Crippen LogP contribution >= 0.6 is 0 Å². The first-order valence-corrected chi connectivity index (χ1v) is 2.79. The zero-order chi connectivity index (χ0) is 7.11. The van der Waals surface area contributed by atoms with Gasteiger partial charge in [0.1, 0.15) is 6.61 Å². The molecule has 0 amide bonds. The molecule has 2 N–H and O–H groups in total. The Morgan fingerprint density at radius 2 is 2.56 bits per heavy atom. The maximum Gasteiger partial charge on any atom is 0.135 e. The van der Waals surface area contributed by atoms with Crippen LogP contribution in [0.3, 0.4) is 0 Å². The van der Waals surface area contributed by atoms with E-state index >= 15 is 0 Å². The van der Waals surface area contributed by atoms with Crippen LogP contribution in [-0.4, -0.2) is 18.9 Å². The Bertz CT molecular complexity index is 99.2. The second kappa shape index (κ2) is 5.31. The number of hydrogen-bond donors (Lipinski definition) is 1. The average molecular weight is 128 g/mol. The summed E-state index contributed by atoms with van der Waals surface area (Å²) in [5, 5.41) is 3.54. The summed E-state index contributed by atoms with van der Waals surface area (Å²) in [7, 11) is 0. The highest BCUT2D eigenvalue weighted by Crippen LogP contribution is 1.75. The van der Waals surface area contributed by atoms with Gasteiger partial charge in [0.2, 0.25) is 0 Å². The number of nitrogens with two attached hydrogens (primary N) is 1. The molecule has 0 aliphatic rings. The normalized spacial score (nSPS) is 13.6. The van der Waals surface area contributed by atoms with Crippen molar-refractivity contribution in [2.45, 2.75) is 13.0 Å². The monoisotopic (exact) mass is 128 g/mol. The molecule has 0 aromatic rings. The summed E-state index contributed by atoms with van der Waals surface area (Å²) in [4.78, 5) is 4.66.